The minimum absolute atomic E-state index is 0.0963. The second-order valence-corrected chi connectivity index (χ2v) is 5.07. The Morgan fingerprint density at radius 2 is 1.61 bits per heavy atom. The molecule has 0 aliphatic rings. The van der Waals surface area contributed by atoms with E-state index in [1.807, 2.05) is 0 Å². The average molecular weight is 304 g/mol. The minimum atomic E-state index is -2.63. The normalized spacial score (nSPS) is 10.6. The maximum atomic E-state index is 12.7. The average Bonchev–Trinajstić information content (AvgIpc) is 2.57. The van der Waals surface area contributed by atoms with Crippen LogP contribution in [0.5, 0.6) is 0 Å². The Kier molecular flexibility index (Phi) is 4.98. The van der Waals surface area contributed by atoms with Gasteiger partial charge in [-0.25, -0.2) is 0 Å². The van der Waals surface area contributed by atoms with E-state index in [1.54, 1.807) is 30.3 Å². The lowest BCUT2D eigenvalue weighted by molar-refractivity contribution is -0.128. The smallest absolute Gasteiger partial charge is 0.256 e. The zero-order chi connectivity index (χ0) is 16.9. The molecule has 0 atom stereocenters. The van der Waals surface area contributed by atoms with Crippen LogP contribution in [0.15, 0.2) is 48.5 Å². The molecular formula is C20H16O3. The molecule has 114 valence electrons. The van der Waals surface area contributed by atoms with Gasteiger partial charge in [0.05, 0.1) is 0 Å². The van der Waals surface area contributed by atoms with Crippen LogP contribution >= 0.6 is 0 Å². The summed E-state index contributed by atoms with van der Waals surface area (Å²) in [5, 5.41) is 20.7. The Balaban J connectivity index is 2.53. The lowest BCUT2D eigenvalue weighted by Crippen LogP contribution is -2.36. The molecule has 0 saturated carbocycles. The Labute approximate surface area is 135 Å². The van der Waals surface area contributed by atoms with E-state index < -0.39 is 11.6 Å². The fourth-order valence-electron chi connectivity index (χ4n) is 2.42. The minimum Gasteiger partial charge on any atom is -0.356 e. The molecule has 0 fully saturated rings. The van der Waals surface area contributed by atoms with E-state index >= 15 is 0 Å². The fraction of sp³-hybridized carbons (Fsp3) is 0.150. The Morgan fingerprint density at radius 3 is 2.22 bits per heavy atom. The molecule has 2 aromatic rings. The van der Waals surface area contributed by atoms with Crippen molar-refractivity contribution < 1.29 is 15.0 Å². The summed E-state index contributed by atoms with van der Waals surface area (Å²) < 4.78 is 0. The lowest BCUT2D eigenvalue weighted by Gasteiger charge is -2.22. The molecule has 3 nitrogen and oxygen atoms in total. The Morgan fingerprint density at radius 1 is 0.957 bits per heavy atom. The summed E-state index contributed by atoms with van der Waals surface area (Å²) in [6.45, 7) is 0. The van der Waals surface area contributed by atoms with E-state index in [0.29, 0.717) is 12.0 Å². The van der Waals surface area contributed by atoms with Crippen LogP contribution in [-0.2, 0) is 18.6 Å². The van der Waals surface area contributed by atoms with Crippen molar-refractivity contribution in [1.82, 2.24) is 0 Å². The van der Waals surface area contributed by atoms with Gasteiger partial charge in [-0.1, -0.05) is 48.5 Å². The number of terminal acetylenes is 2. The summed E-state index contributed by atoms with van der Waals surface area (Å²) in [6, 6.07) is 12.9. The maximum absolute atomic E-state index is 12.7. The summed E-state index contributed by atoms with van der Waals surface area (Å²) in [6.07, 6.45) is 11.2. The van der Waals surface area contributed by atoms with Gasteiger partial charge in [0.1, 0.15) is 0 Å². The van der Waals surface area contributed by atoms with Crippen LogP contribution in [0, 0.1) is 24.7 Å². The third-order valence-electron chi connectivity index (χ3n) is 3.58. The van der Waals surface area contributed by atoms with Crippen LogP contribution in [0.2, 0.25) is 0 Å². The monoisotopic (exact) mass is 304 g/mol. The molecular weight excluding hydrogens is 288 g/mol. The highest BCUT2D eigenvalue weighted by molar-refractivity contribution is 6.03. The van der Waals surface area contributed by atoms with Crippen molar-refractivity contribution in [2.75, 3.05) is 0 Å². The summed E-state index contributed by atoms with van der Waals surface area (Å²) >= 11 is 0. The zero-order valence-corrected chi connectivity index (χ0v) is 12.5. The molecule has 0 radical (unpaired) electrons. The highest BCUT2D eigenvalue weighted by Crippen LogP contribution is 2.26. The van der Waals surface area contributed by atoms with Crippen LogP contribution in [-0.4, -0.2) is 16.0 Å². The first kappa shape index (κ1) is 16.5. The van der Waals surface area contributed by atoms with Gasteiger partial charge in [-0.2, -0.15) is 0 Å². The van der Waals surface area contributed by atoms with Crippen molar-refractivity contribution in [2.45, 2.75) is 18.6 Å². The van der Waals surface area contributed by atoms with E-state index in [4.69, 9.17) is 12.8 Å². The molecule has 2 rings (SSSR count). The number of hydrogen-bond donors (Lipinski definition) is 2. The Hall–Kier alpha value is -2.85. The van der Waals surface area contributed by atoms with Gasteiger partial charge in [-0.3, -0.25) is 4.79 Å². The van der Waals surface area contributed by atoms with Gasteiger partial charge >= 0.3 is 0 Å². The lowest BCUT2D eigenvalue weighted by atomic mass is 9.89. The number of ketones is 1. The van der Waals surface area contributed by atoms with Crippen molar-refractivity contribution in [3.05, 3.63) is 70.8 Å². The molecule has 23 heavy (non-hydrogen) atoms. The molecule has 0 aromatic heterocycles. The van der Waals surface area contributed by atoms with Crippen LogP contribution in [0.25, 0.3) is 0 Å². The quantitative estimate of drug-likeness (QED) is 0.505. The van der Waals surface area contributed by atoms with Gasteiger partial charge in [0.2, 0.25) is 5.78 Å². The van der Waals surface area contributed by atoms with Crippen LogP contribution in [0.4, 0.5) is 0 Å². The van der Waals surface area contributed by atoms with Gasteiger partial charge in [-0.15, -0.1) is 24.7 Å². The molecule has 0 unspecified atom stereocenters. The molecule has 0 spiro atoms. The number of carbonyl (C=O) groups is 1. The van der Waals surface area contributed by atoms with Crippen molar-refractivity contribution in [3.63, 3.8) is 0 Å². The van der Waals surface area contributed by atoms with Crippen LogP contribution in [0.3, 0.4) is 0 Å². The number of Topliss-reactive ketones (excluding diaryl/α,β-unsaturated/α-hetero) is 1. The number of aliphatic hydroxyl groups is 2. The molecule has 2 aromatic carbocycles. The van der Waals surface area contributed by atoms with E-state index in [-0.39, 0.29) is 17.5 Å². The fourth-order valence-corrected chi connectivity index (χ4v) is 2.42. The predicted molar refractivity (Wildman–Crippen MR) is 88.4 cm³/mol. The molecule has 0 amide bonds. The molecule has 2 N–H and O–H groups in total. The predicted octanol–water partition coefficient (Wildman–Crippen LogP) is 2.06. The number of rotatable bonds is 5. The topological polar surface area (TPSA) is 57.5 Å². The maximum Gasteiger partial charge on any atom is 0.256 e. The van der Waals surface area contributed by atoms with Crippen molar-refractivity contribution in [1.29, 1.82) is 0 Å². The SMILES string of the molecule is C#CCc1cccc(C(=O)C(O)(O)c2ccccc2)c1CC#C. The van der Waals surface area contributed by atoms with E-state index in [1.165, 1.54) is 18.2 Å². The van der Waals surface area contributed by atoms with Gasteiger partial charge in [0.15, 0.2) is 0 Å². The number of benzene rings is 2. The molecule has 0 aliphatic heterocycles. The largest absolute Gasteiger partial charge is 0.356 e. The van der Waals surface area contributed by atoms with Crippen molar-refractivity contribution in [2.24, 2.45) is 0 Å². The third-order valence-corrected chi connectivity index (χ3v) is 3.58. The second kappa shape index (κ2) is 6.94. The van der Waals surface area contributed by atoms with Gasteiger partial charge < -0.3 is 10.2 Å². The molecule has 0 aliphatic carbocycles. The van der Waals surface area contributed by atoms with Gasteiger partial charge in [0.25, 0.3) is 5.79 Å². The number of hydrogen-bond acceptors (Lipinski definition) is 3. The van der Waals surface area contributed by atoms with Crippen LogP contribution < -0.4 is 0 Å². The summed E-state index contributed by atoms with van der Waals surface area (Å²) in [5.41, 5.74) is 1.56. The summed E-state index contributed by atoms with van der Waals surface area (Å²) in [7, 11) is 0. The highest BCUT2D eigenvalue weighted by Gasteiger charge is 2.37. The van der Waals surface area contributed by atoms with Crippen molar-refractivity contribution >= 4 is 5.78 Å². The summed E-state index contributed by atoms with van der Waals surface area (Å²) in [5.74, 6) is 1.55. The first-order valence-electron chi connectivity index (χ1n) is 7.05. The van der Waals surface area contributed by atoms with E-state index in [9.17, 15) is 15.0 Å². The Bertz CT molecular complexity index is 790. The third kappa shape index (κ3) is 3.33. The van der Waals surface area contributed by atoms with E-state index in [2.05, 4.69) is 11.8 Å². The van der Waals surface area contributed by atoms with Gasteiger partial charge in [0, 0.05) is 24.0 Å². The van der Waals surface area contributed by atoms with Crippen LogP contribution in [0.1, 0.15) is 27.0 Å². The van der Waals surface area contributed by atoms with Gasteiger partial charge in [-0.05, 0) is 11.1 Å². The first-order valence-corrected chi connectivity index (χ1v) is 7.05. The summed E-state index contributed by atoms with van der Waals surface area (Å²) in [4.78, 5) is 12.7. The highest BCUT2D eigenvalue weighted by atomic mass is 16.5. The molecule has 3 heteroatoms. The van der Waals surface area contributed by atoms with E-state index in [0.717, 1.165) is 5.56 Å². The standard InChI is InChI=1S/C20H16O3/c1-3-9-15-11-8-14-18(17(15)10-4-2)19(21)20(22,23)16-12-6-5-7-13-16/h1-2,5-8,11-14,22-23H,9-10H2. The first-order chi connectivity index (χ1) is 11.0. The second-order valence-electron chi connectivity index (χ2n) is 5.07. The molecule has 0 heterocycles. The zero-order valence-electron chi connectivity index (χ0n) is 12.5. The molecule has 0 saturated heterocycles. The molecule has 0 bridgehead atoms. The van der Waals surface area contributed by atoms with Crippen molar-refractivity contribution in [3.8, 4) is 24.7 Å². The number of carbonyl (C=O) groups excluding carboxylic acids is 1.